The summed E-state index contributed by atoms with van der Waals surface area (Å²) in [5.74, 6) is -1.38. The molecule has 23 heavy (non-hydrogen) atoms. The van der Waals surface area contributed by atoms with E-state index < -0.39 is 18.0 Å². The summed E-state index contributed by atoms with van der Waals surface area (Å²) in [6.45, 7) is 1.77. The summed E-state index contributed by atoms with van der Waals surface area (Å²) < 4.78 is 10.8. The quantitative estimate of drug-likeness (QED) is 0.751. The second kappa shape index (κ2) is 5.96. The Kier molecular flexibility index (Phi) is 3.85. The summed E-state index contributed by atoms with van der Waals surface area (Å²) in [5, 5.41) is 0.829. The van der Waals surface area contributed by atoms with E-state index in [0.717, 1.165) is 5.39 Å². The molecule has 1 aromatic heterocycles. The molecule has 0 spiro atoms. The van der Waals surface area contributed by atoms with Gasteiger partial charge in [0, 0.05) is 16.5 Å². The second-order valence-electron chi connectivity index (χ2n) is 5.15. The summed E-state index contributed by atoms with van der Waals surface area (Å²) in [6.07, 6.45) is -1.16. The maximum absolute atomic E-state index is 12.4. The molecular weight excluding hydrogens is 294 g/mol. The molecule has 0 saturated carbocycles. The van der Waals surface area contributed by atoms with E-state index in [4.69, 9.17) is 14.9 Å². The third-order valence-electron chi connectivity index (χ3n) is 3.61. The number of hydrogen-bond acceptors (Lipinski definition) is 4. The van der Waals surface area contributed by atoms with Gasteiger partial charge in [-0.2, -0.15) is 0 Å². The molecule has 0 saturated heterocycles. The van der Waals surface area contributed by atoms with E-state index in [9.17, 15) is 9.59 Å². The number of carbonyl (C=O) groups is 2. The maximum atomic E-state index is 12.4. The van der Waals surface area contributed by atoms with Crippen LogP contribution in [0.4, 0.5) is 0 Å². The summed E-state index contributed by atoms with van der Waals surface area (Å²) in [5.41, 5.74) is 7.14. The minimum atomic E-state index is -1.16. The monoisotopic (exact) mass is 309 g/mol. The summed E-state index contributed by atoms with van der Waals surface area (Å²) in [7, 11) is 0. The van der Waals surface area contributed by atoms with Crippen LogP contribution in [0.3, 0.4) is 0 Å². The number of primary amides is 1. The first-order valence-electron chi connectivity index (χ1n) is 7.11. The third-order valence-corrected chi connectivity index (χ3v) is 3.61. The molecule has 0 bridgehead atoms. The Morgan fingerprint density at radius 1 is 1.04 bits per heavy atom. The van der Waals surface area contributed by atoms with Crippen LogP contribution in [0, 0.1) is 6.92 Å². The molecule has 5 heteroatoms. The average molecular weight is 309 g/mol. The zero-order chi connectivity index (χ0) is 16.4. The molecule has 0 aliphatic rings. The lowest BCUT2D eigenvalue weighted by molar-refractivity contribution is -0.127. The SMILES string of the molecule is Cc1c(C(=O)OC(C(N)=O)c2ccccc2)oc2ccccc12. The van der Waals surface area contributed by atoms with Crippen molar-refractivity contribution in [2.45, 2.75) is 13.0 Å². The van der Waals surface area contributed by atoms with Crippen LogP contribution in [0.25, 0.3) is 11.0 Å². The molecule has 1 unspecified atom stereocenters. The number of nitrogens with two attached hydrogens (primary N) is 1. The van der Waals surface area contributed by atoms with E-state index in [1.54, 1.807) is 43.3 Å². The highest BCUT2D eigenvalue weighted by molar-refractivity contribution is 5.97. The molecular formula is C18H15NO4. The van der Waals surface area contributed by atoms with Crippen molar-refractivity contribution in [2.24, 2.45) is 5.73 Å². The fraction of sp³-hybridized carbons (Fsp3) is 0.111. The first kappa shape index (κ1) is 14.8. The highest BCUT2D eigenvalue weighted by atomic mass is 16.6. The number of ether oxygens (including phenoxy) is 1. The molecule has 1 amide bonds. The molecule has 2 N–H and O–H groups in total. The average Bonchev–Trinajstić information content (AvgIpc) is 2.90. The van der Waals surface area contributed by atoms with Gasteiger partial charge in [-0.05, 0) is 13.0 Å². The third kappa shape index (κ3) is 2.81. The number of furan rings is 1. The van der Waals surface area contributed by atoms with Gasteiger partial charge in [0.2, 0.25) is 11.9 Å². The van der Waals surface area contributed by atoms with Gasteiger partial charge in [0.05, 0.1) is 0 Å². The van der Waals surface area contributed by atoms with E-state index in [2.05, 4.69) is 0 Å². The molecule has 5 nitrogen and oxygen atoms in total. The Morgan fingerprint density at radius 2 is 1.70 bits per heavy atom. The number of esters is 1. The highest BCUT2D eigenvalue weighted by Crippen LogP contribution is 2.27. The number of rotatable bonds is 4. The number of aryl methyl sites for hydroxylation is 1. The predicted molar refractivity (Wildman–Crippen MR) is 84.7 cm³/mol. The zero-order valence-electron chi connectivity index (χ0n) is 12.5. The molecule has 1 atom stereocenters. The van der Waals surface area contributed by atoms with Gasteiger partial charge in [0.25, 0.3) is 5.91 Å². The smallest absolute Gasteiger partial charge is 0.375 e. The minimum Gasteiger partial charge on any atom is -0.449 e. The van der Waals surface area contributed by atoms with Crippen molar-refractivity contribution in [1.82, 2.24) is 0 Å². The normalized spacial score (nSPS) is 12.0. The van der Waals surface area contributed by atoms with E-state index in [1.165, 1.54) is 0 Å². The molecule has 1 heterocycles. The van der Waals surface area contributed by atoms with Crippen LogP contribution in [0.15, 0.2) is 59.0 Å². The number of amides is 1. The summed E-state index contributed by atoms with van der Waals surface area (Å²) in [6, 6.07) is 15.9. The lowest BCUT2D eigenvalue weighted by atomic mass is 10.1. The van der Waals surface area contributed by atoms with Gasteiger partial charge < -0.3 is 14.9 Å². The molecule has 3 aromatic rings. The van der Waals surface area contributed by atoms with Crippen LogP contribution >= 0.6 is 0 Å². The lowest BCUT2D eigenvalue weighted by Crippen LogP contribution is -2.26. The van der Waals surface area contributed by atoms with Gasteiger partial charge in [0.1, 0.15) is 5.58 Å². The van der Waals surface area contributed by atoms with E-state index >= 15 is 0 Å². The van der Waals surface area contributed by atoms with Crippen LogP contribution in [-0.2, 0) is 9.53 Å². The number of benzene rings is 2. The molecule has 2 aromatic carbocycles. The van der Waals surface area contributed by atoms with Gasteiger partial charge in [-0.25, -0.2) is 4.79 Å². The maximum Gasteiger partial charge on any atom is 0.375 e. The van der Waals surface area contributed by atoms with Crippen LogP contribution in [0.1, 0.15) is 27.8 Å². The van der Waals surface area contributed by atoms with Crippen molar-refractivity contribution in [3.63, 3.8) is 0 Å². The Bertz CT molecular complexity index is 867. The number of carbonyl (C=O) groups excluding carboxylic acids is 2. The predicted octanol–water partition coefficient (Wildman–Crippen LogP) is 3.12. The van der Waals surface area contributed by atoms with Crippen LogP contribution < -0.4 is 5.73 Å². The molecule has 3 rings (SSSR count). The standard InChI is InChI=1S/C18H15NO4/c1-11-13-9-5-6-10-14(13)22-15(11)18(21)23-16(17(19)20)12-7-3-2-4-8-12/h2-10,16H,1H3,(H2,19,20). The fourth-order valence-electron chi connectivity index (χ4n) is 2.45. The van der Waals surface area contributed by atoms with Gasteiger partial charge in [-0.1, -0.05) is 48.5 Å². The summed E-state index contributed by atoms with van der Waals surface area (Å²) in [4.78, 5) is 24.0. The summed E-state index contributed by atoms with van der Waals surface area (Å²) >= 11 is 0. The fourth-order valence-corrected chi connectivity index (χ4v) is 2.45. The minimum absolute atomic E-state index is 0.0772. The van der Waals surface area contributed by atoms with E-state index in [-0.39, 0.29) is 5.76 Å². The highest BCUT2D eigenvalue weighted by Gasteiger charge is 2.26. The van der Waals surface area contributed by atoms with Gasteiger partial charge in [-0.15, -0.1) is 0 Å². The molecule has 0 aliphatic carbocycles. The zero-order valence-corrected chi connectivity index (χ0v) is 12.5. The van der Waals surface area contributed by atoms with E-state index in [0.29, 0.717) is 16.7 Å². The van der Waals surface area contributed by atoms with Crippen molar-refractivity contribution in [1.29, 1.82) is 0 Å². The van der Waals surface area contributed by atoms with Gasteiger partial charge in [-0.3, -0.25) is 4.79 Å². The lowest BCUT2D eigenvalue weighted by Gasteiger charge is -2.14. The first-order valence-corrected chi connectivity index (χ1v) is 7.11. The van der Waals surface area contributed by atoms with Crippen molar-refractivity contribution < 1.29 is 18.7 Å². The number of hydrogen-bond donors (Lipinski definition) is 1. The van der Waals surface area contributed by atoms with E-state index in [1.807, 2.05) is 18.2 Å². The Hall–Kier alpha value is -3.08. The Morgan fingerprint density at radius 3 is 2.35 bits per heavy atom. The molecule has 116 valence electrons. The van der Waals surface area contributed by atoms with Gasteiger partial charge >= 0.3 is 5.97 Å². The van der Waals surface area contributed by atoms with Crippen LogP contribution in [0.5, 0.6) is 0 Å². The number of fused-ring (bicyclic) bond motifs is 1. The molecule has 0 radical (unpaired) electrons. The molecule has 0 aliphatic heterocycles. The van der Waals surface area contributed by atoms with Crippen LogP contribution in [0.2, 0.25) is 0 Å². The largest absolute Gasteiger partial charge is 0.449 e. The van der Waals surface area contributed by atoms with Crippen molar-refractivity contribution in [3.8, 4) is 0 Å². The van der Waals surface area contributed by atoms with Crippen molar-refractivity contribution in [2.75, 3.05) is 0 Å². The van der Waals surface area contributed by atoms with Crippen LogP contribution in [-0.4, -0.2) is 11.9 Å². The second-order valence-corrected chi connectivity index (χ2v) is 5.15. The number of para-hydroxylation sites is 1. The topological polar surface area (TPSA) is 82.5 Å². The Labute approximate surface area is 132 Å². The van der Waals surface area contributed by atoms with Gasteiger partial charge in [0.15, 0.2) is 0 Å². The van der Waals surface area contributed by atoms with Crippen molar-refractivity contribution in [3.05, 3.63) is 71.5 Å². The van der Waals surface area contributed by atoms with Crippen molar-refractivity contribution >= 4 is 22.8 Å². The Balaban J connectivity index is 1.92. The molecule has 0 fully saturated rings. The first-order chi connectivity index (χ1) is 11.1.